The van der Waals surface area contributed by atoms with Gasteiger partial charge in [0.05, 0.1) is 11.6 Å². The van der Waals surface area contributed by atoms with Crippen LogP contribution in [0.1, 0.15) is 25.0 Å². The summed E-state index contributed by atoms with van der Waals surface area (Å²) < 4.78 is 24.4. The van der Waals surface area contributed by atoms with E-state index >= 15 is 0 Å². The predicted octanol–water partition coefficient (Wildman–Crippen LogP) is 4.02. The van der Waals surface area contributed by atoms with Gasteiger partial charge in [-0.1, -0.05) is 23.7 Å². The summed E-state index contributed by atoms with van der Waals surface area (Å²) in [5, 5.41) is 12.2. The van der Waals surface area contributed by atoms with Crippen LogP contribution in [-0.4, -0.2) is 23.7 Å². The van der Waals surface area contributed by atoms with Gasteiger partial charge in [-0.25, -0.2) is 4.39 Å². The smallest absolute Gasteiger partial charge is 0.320 e. The molecule has 0 aromatic heterocycles. The van der Waals surface area contributed by atoms with E-state index in [0.717, 1.165) is 11.1 Å². The molecule has 2 aromatic rings. The number of carboxylic acids is 1. The standard InChI is InChI=1S/C19H21ClFNO4/c1-3-25-17-9-14(10-22-12(2)19(23)24)8-16(20)18(17)26-11-13-4-6-15(21)7-5-13/h4-9,12,22H,3,10-11H2,1-2H3,(H,23,24). The van der Waals surface area contributed by atoms with Gasteiger partial charge >= 0.3 is 5.97 Å². The van der Waals surface area contributed by atoms with Gasteiger partial charge in [-0.05, 0) is 49.2 Å². The number of hydrogen-bond acceptors (Lipinski definition) is 4. The highest BCUT2D eigenvalue weighted by molar-refractivity contribution is 6.32. The van der Waals surface area contributed by atoms with Gasteiger partial charge in [-0.15, -0.1) is 0 Å². The zero-order valence-corrected chi connectivity index (χ0v) is 15.3. The van der Waals surface area contributed by atoms with Crippen LogP contribution in [0.3, 0.4) is 0 Å². The number of carboxylic acid groups (broad SMARTS) is 1. The summed E-state index contributed by atoms with van der Waals surface area (Å²) in [4.78, 5) is 10.9. The van der Waals surface area contributed by atoms with E-state index in [4.69, 9.17) is 26.2 Å². The highest BCUT2D eigenvalue weighted by Crippen LogP contribution is 2.37. The second-order valence-corrected chi connectivity index (χ2v) is 6.10. The molecule has 140 valence electrons. The average molecular weight is 382 g/mol. The lowest BCUT2D eigenvalue weighted by Crippen LogP contribution is -2.33. The van der Waals surface area contributed by atoms with Crippen LogP contribution in [-0.2, 0) is 17.9 Å². The number of nitrogens with one attached hydrogen (secondary N) is 1. The van der Waals surface area contributed by atoms with E-state index in [1.807, 2.05) is 6.92 Å². The number of benzene rings is 2. The first-order valence-electron chi connectivity index (χ1n) is 8.19. The van der Waals surface area contributed by atoms with Crippen LogP contribution in [0, 0.1) is 5.82 Å². The van der Waals surface area contributed by atoms with Crippen molar-refractivity contribution in [1.82, 2.24) is 5.32 Å². The van der Waals surface area contributed by atoms with E-state index in [1.54, 1.807) is 31.2 Å². The maximum absolute atomic E-state index is 13.0. The Bertz CT molecular complexity index is 752. The van der Waals surface area contributed by atoms with E-state index in [1.165, 1.54) is 12.1 Å². The third kappa shape index (κ3) is 5.61. The summed E-state index contributed by atoms with van der Waals surface area (Å²) in [5.41, 5.74) is 1.58. The van der Waals surface area contributed by atoms with Crippen molar-refractivity contribution in [1.29, 1.82) is 0 Å². The van der Waals surface area contributed by atoms with Crippen LogP contribution in [0.5, 0.6) is 11.5 Å². The zero-order chi connectivity index (χ0) is 19.1. The Morgan fingerprint density at radius 2 is 1.92 bits per heavy atom. The summed E-state index contributed by atoms with van der Waals surface area (Å²) in [6, 6.07) is 8.77. The van der Waals surface area contributed by atoms with Crippen molar-refractivity contribution in [3.8, 4) is 11.5 Å². The maximum atomic E-state index is 13.0. The molecule has 0 aliphatic heterocycles. The summed E-state index contributed by atoms with van der Waals surface area (Å²) in [7, 11) is 0. The largest absolute Gasteiger partial charge is 0.490 e. The third-order valence-corrected chi connectivity index (χ3v) is 3.93. The minimum absolute atomic E-state index is 0.216. The van der Waals surface area contributed by atoms with Gasteiger partial charge in [0.25, 0.3) is 0 Å². The number of rotatable bonds is 9. The minimum atomic E-state index is -0.930. The predicted molar refractivity (Wildman–Crippen MR) is 97.3 cm³/mol. The van der Waals surface area contributed by atoms with Crippen LogP contribution in [0.2, 0.25) is 5.02 Å². The Morgan fingerprint density at radius 3 is 2.54 bits per heavy atom. The lowest BCUT2D eigenvalue weighted by atomic mass is 10.2. The second-order valence-electron chi connectivity index (χ2n) is 5.69. The molecule has 0 spiro atoms. The van der Waals surface area contributed by atoms with E-state index in [2.05, 4.69) is 5.32 Å². The van der Waals surface area contributed by atoms with Gasteiger partial charge in [0, 0.05) is 6.54 Å². The molecule has 0 saturated heterocycles. The SMILES string of the molecule is CCOc1cc(CNC(C)C(=O)O)cc(Cl)c1OCc1ccc(F)cc1. The van der Waals surface area contributed by atoms with Crippen LogP contribution in [0.4, 0.5) is 4.39 Å². The highest BCUT2D eigenvalue weighted by atomic mass is 35.5. The van der Waals surface area contributed by atoms with Crippen molar-refractivity contribution in [3.63, 3.8) is 0 Å². The summed E-state index contributed by atoms with van der Waals surface area (Å²) in [5.74, 6) is -0.371. The number of halogens is 2. The molecule has 0 aliphatic rings. The molecule has 26 heavy (non-hydrogen) atoms. The lowest BCUT2D eigenvalue weighted by molar-refractivity contribution is -0.139. The van der Waals surface area contributed by atoms with Crippen molar-refractivity contribution >= 4 is 17.6 Å². The highest BCUT2D eigenvalue weighted by Gasteiger charge is 2.15. The van der Waals surface area contributed by atoms with Gasteiger partial charge in [0.2, 0.25) is 0 Å². The van der Waals surface area contributed by atoms with Crippen LogP contribution < -0.4 is 14.8 Å². The van der Waals surface area contributed by atoms with E-state index in [-0.39, 0.29) is 12.4 Å². The van der Waals surface area contributed by atoms with E-state index in [9.17, 15) is 9.18 Å². The Hall–Kier alpha value is -2.31. The van der Waals surface area contributed by atoms with Gasteiger partial charge in [-0.3, -0.25) is 4.79 Å². The lowest BCUT2D eigenvalue weighted by Gasteiger charge is -2.16. The van der Waals surface area contributed by atoms with Gasteiger partial charge in [-0.2, -0.15) is 0 Å². The second kappa shape index (κ2) is 9.40. The molecule has 2 rings (SSSR count). The normalized spacial score (nSPS) is 11.8. The molecule has 7 heteroatoms. The van der Waals surface area contributed by atoms with Crippen LogP contribution >= 0.6 is 11.6 Å². The van der Waals surface area contributed by atoms with Crippen molar-refractivity contribution in [2.45, 2.75) is 33.0 Å². The molecule has 0 heterocycles. The molecule has 0 radical (unpaired) electrons. The number of ether oxygens (including phenoxy) is 2. The average Bonchev–Trinajstić information content (AvgIpc) is 2.60. The molecule has 1 unspecified atom stereocenters. The fraction of sp³-hybridized carbons (Fsp3) is 0.316. The van der Waals surface area contributed by atoms with Gasteiger partial charge in [0.1, 0.15) is 18.5 Å². The van der Waals surface area contributed by atoms with Crippen molar-refractivity contribution in [2.75, 3.05) is 6.61 Å². The topological polar surface area (TPSA) is 67.8 Å². The first kappa shape index (κ1) is 20.0. The van der Waals surface area contributed by atoms with Crippen LogP contribution in [0.25, 0.3) is 0 Å². The number of carbonyl (C=O) groups is 1. The molecule has 0 saturated carbocycles. The van der Waals surface area contributed by atoms with Crippen molar-refractivity contribution in [3.05, 3.63) is 58.4 Å². The zero-order valence-electron chi connectivity index (χ0n) is 14.6. The molecule has 0 bridgehead atoms. The number of hydrogen-bond donors (Lipinski definition) is 2. The Labute approximate surface area is 156 Å². The maximum Gasteiger partial charge on any atom is 0.320 e. The molecule has 1 atom stereocenters. The summed E-state index contributed by atoms with van der Waals surface area (Å²) in [6.45, 7) is 4.37. The Balaban J connectivity index is 2.14. The third-order valence-electron chi connectivity index (χ3n) is 3.65. The van der Waals surface area contributed by atoms with Crippen molar-refractivity contribution < 1.29 is 23.8 Å². The first-order chi connectivity index (χ1) is 12.4. The molecule has 0 amide bonds. The molecular weight excluding hydrogens is 361 g/mol. The molecular formula is C19H21ClFNO4. The summed E-state index contributed by atoms with van der Waals surface area (Å²) in [6.07, 6.45) is 0. The molecule has 0 aliphatic carbocycles. The van der Waals surface area contributed by atoms with Crippen LogP contribution in [0.15, 0.2) is 36.4 Å². The molecule has 0 fully saturated rings. The Morgan fingerprint density at radius 1 is 1.23 bits per heavy atom. The molecule has 2 N–H and O–H groups in total. The Kier molecular flexibility index (Phi) is 7.24. The first-order valence-corrected chi connectivity index (χ1v) is 8.57. The fourth-order valence-electron chi connectivity index (χ4n) is 2.22. The quantitative estimate of drug-likeness (QED) is 0.686. The van der Waals surface area contributed by atoms with E-state index in [0.29, 0.717) is 29.7 Å². The fourth-order valence-corrected chi connectivity index (χ4v) is 2.51. The summed E-state index contributed by atoms with van der Waals surface area (Å²) >= 11 is 6.33. The number of aliphatic carboxylic acids is 1. The van der Waals surface area contributed by atoms with E-state index < -0.39 is 12.0 Å². The molecule has 2 aromatic carbocycles. The minimum Gasteiger partial charge on any atom is -0.490 e. The van der Waals surface area contributed by atoms with Gasteiger partial charge in [0.15, 0.2) is 11.5 Å². The van der Waals surface area contributed by atoms with Crippen molar-refractivity contribution in [2.24, 2.45) is 0 Å². The molecule has 5 nitrogen and oxygen atoms in total. The monoisotopic (exact) mass is 381 g/mol. The van der Waals surface area contributed by atoms with Gasteiger partial charge < -0.3 is 19.9 Å².